The van der Waals surface area contributed by atoms with Crippen molar-refractivity contribution in [2.24, 2.45) is 0 Å². The molecule has 0 aromatic heterocycles. The van der Waals surface area contributed by atoms with Gasteiger partial charge in [0.25, 0.3) is 0 Å². The van der Waals surface area contributed by atoms with E-state index >= 15 is 0 Å². The predicted octanol–water partition coefficient (Wildman–Crippen LogP) is 5.05. The Labute approximate surface area is 238 Å². The van der Waals surface area contributed by atoms with Gasteiger partial charge >= 0.3 is 11.9 Å². The van der Waals surface area contributed by atoms with E-state index in [-0.39, 0.29) is 65.3 Å². The Morgan fingerprint density at radius 3 is 1.80 bits per heavy atom. The van der Waals surface area contributed by atoms with E-state index < -0.39 is 41.4 Å². The summed E-state index contributed by atoms with van der Waals surface area (Å²) in [4.78, 5) is 51.1. The molecule has 0 saturated carbocycles. The van der Waals surface area contributed by atoms with Crippen LogP contribution in [0.5, 0.6) is 23.0 Å². The van der Waals surface area contributed by atoms with E-state index in [0.717, 1.165) is 6.07 Å². The fourth-order valence-corrected chi connectivity index (χ4v) is 4.99. The van der Waals surface area contributed by atoms with Crippen LogP contribution in [-0.4, -0.2) is 56.1 Å². The molecule has 4 N–H and O–H groups in total. The lowest BCUT2D eigenvalue weighted by Gasteiger charge is -2.15. The lowest BCUT2D eigenvalue weighted by atomic mass is 9.96. The molecule has 0 amide bonds. The summed E-state index contributed by atoms with van der Waals surface area (Å²) >= 11 is 0. The summed E-state index contributed by atoms with van der Waals surface area (Å²) in [6, 6.07) is 4.70. The van der Waals surface area contributed by atoms with Gasteiger partial charge in [0.1, 0.15) is 11.5 Å². The first-order valence-electron chi connectivity index (χ1n) is 14.0. The van der Waals surface area contributed by atoms with Crippen molar-refractivity contribution in [1.29, 1.82) is 0 Å². The molecule has 41 heavy (non-hydrogen) atoms. The average Bonchev–Trinajstić information content (AvgIpc) is 2.87. The number of rotatable bonds is 0. The summed E-state index contributed by atoms with van der Waals surface area (Å²) in [6.07, 6.45) is 2.53. The van der Waals surface area contributed by atoms with Crippen molar-refractivity contribution in [3.63, 3.8) is 0 Å². The summed E-state index contributed by atoms with van der Waals surface area (Å²) in [5.74, 6) is -3.42. The molecule has 1 aliphatic rings. The average molecular weight is 571 g/mol. The second-order valence-corrected chi connectivity index (χ2v) is 10.6. The van der Waals surface area contributed by atoms with E-state index in [0.29, 0.717) is 44.9 Å². The number of ketones is 2. The van der Waals surface area contributed by atoms with Crippen molar-refractivity contribution in [1.82, 2.24) is 0 Å². The molecule has 2 aromatic rings. The fraction of sp³-hybridized carbons (Fsp3) is 0.484. The van der Waals surface area contributed by atoms with Gasteiger partial charge in [-0.25, -0.2) is 0 Å². The molecule has 0 unspecified atom stereocenters. The number of phenols is 4. The number of fused-ring (bicyclic) bond motifs is 2. The van der Waals surface area contributed by atoms with Crippen molar-refractivity contribution in [3.05, 3.63) is 46.5 Å². The van der Waals surface area contributed by atoms with Gasteiger partial charge < -0.3 is 29.9 Å². The van der Waals surface area contributed by atoms with E-state index in [1.165, 1.54) is 18.2 Å². The van der Waals surface area contributed by atoms with E-state index in [4.69, 9.17) is 9.47 Å². The van der Waals surface area contributed by atoms with Crippen LogP contribution in [0.2, 0.25) is 0 Å². The van der Waals surface area contributed by atoms with Crippen LogP contribution in [-0.2, 0) is 31.9 Å². The highest BCUT2D eigenvalue weighted by atomic mass is 16.5. The summed E-state index contributed by atoms with van der Waals surface area (Å²) in [7, 11) is 0. The molecule has 3 rings (SSSR count). The molecule has 0 aliphatic carbocycles. The Kier molecular flexibility index (Phi) is 11.1. The van der Waals surface area contributed by atoms with E-state index in [9.17, 15) is 39.6 Å². The zero-order chi connectivity index (χ0) is 30.1. The van der Waals surface area contributed by atoms with Gasteiger partial charge in [-0.2, -0.15) is 0 Å². The van der Waals surface area contributed by atoms with Gasteiger partial charge in [0, 0.05) is 24.5 Å². The normalized spacial score (nSPS) is 20.8. The Hall–Kier alpha value is -4.08. The van der Waals surface area contributed by atoms with Crippen LogP contribution in [0.1, 0.15) is 103 Å². The van der Waals surface area contributed by atoms with Gasteiger partial charge in [-0.3, -0.25) is 19.2 Å². The molecule has 222 valence electrons. The molecule has 2 aromatic carbocycles. The number of Topliss-reactive ketones (excluding diaryl/α,β-unsaturated/α-hetero) is 2. The van der Waals surface area contributed by atoms with Crippen LogP contribution in [0.4, 0.5) is 0 Å². The smallest absolute Gasteiger partial charge is 0.310 e. The number of carbonyl (C=O) groups is 4. The first-order chi connectivity index (χ1) is 19.4. The number of esters is 2. The number of carbonyl (C=O) groups excluding carboxylic acids is 4. The molecule has 1 aliphatic heterocycles. The standard InChI is InChI=1S/C31H38O10/c1-18-8-4-3-5-10-24(33)23-17-27(36)26(35)13-20(23)14-29(38)40-19(2)9-6-7-11-25(34)31-21(15-30(39)41-18)12-22(32)16-28(31)37/h12-13,16-19,32,35-37H,3-11,14-15H2,1-2H3/t18-,19-/m0/s1. The van der Waals surface area contributed by atoms with Gasteiger partial charge in [0.05, 0.1) is 30.6 Å². The summed E-state index contributed by atoms with van der Waals surface area (Å²) < 4.78 is 11.0. The first kappa shape index (κ1) is 31.4. The number of hydrogen-bond donors (Lipinski definition) is 4. The quantitative estimate of drug-likeness (QED) is 0.249. The summed E-state index contributed by atoms with van der Waals surface area (Å²) in [5.41, 5.74) is 0.568. The number of aromatic hydroxyl groups is 4. The highest BCUT2D eigenvalue weighted by molar-refractivity contribution is 6.01. The van der Waals surface area contributed by atoms with Crippen LogP contribution in [0, 0.1) is 0 Å². The summed E-state index contributed by atoms with van der Waals surface area (Å²) in [6.45, 7) is 3.44. The zero-order valence-electron chi connectivity index (χ0n) is 23.5. The van der Waals surface area contributed by atoms with Crippen molar-refractivity contribution in [2.45, 2.75) is 96.7 Å². The molecule has 0 radical (unpaired) electrons. The number of ether oxygens (including phenoxy) is 2. The number of cyclic esters (lactones) is 2. The molecular weight excluding hydrogens is 532 g/mol. The van der Waals surface area contributed by atoms with E-state index in [2.05, 4.69) is 0 Å². The van der Waals surface area contributed by atoms with Crippen molar-refractivity contribution >= 4 is 23.5 Å². The Morgan fingerprint density at radius 1 is 0.610 bits per heavy atom. The van der Waals surface area contributed by atoms with Gasteiger partial charge in [-0.15, -0.1) is 0 Å². The number of phenolic OH excluding ortho intramolecular Hbond substituents is 4. The minimum absolute atomic E-state index is 0.0251. The monoisotopic (exact) mass is 570 g/mol. The Bertz CT molecular complexity index is 1280. The molecule has 0 bridgehead atoms. The molecule has 10 heteroatoms. The van der Waals surface area contributed by atoms with E-state index in [1.807, 2.05) is 0 Å². The van der Waals surface area contributed by atoms with Crippen molar-refractivity contribution in [2.75, 3.05) is 0 Å². The lowest BCUT2D eigenvalue weighted by molar-refractivity contribution is -0.148. The maximum Gasteiger partial charge on any atom is 0.310 e. The SMILES string of the molecule is C[C@H]1CCCCC(=O)c2c(O)cc(O)cc2CC(=O)O[C@@H](C)CCCCCC(=O)c2cc(O)c(O)cc2CC(=O)O1. The van der Waals surface area contributed by atoms with Crippen LogP contribution < -0.4 is 0 Å². The Balaban J connectivity index is 1.78. The third-order valence-electron chi connectivity index (χ3n) is 7.08. The van der Waals surface area contributed by atoms with Gasteiger partial charge in [0.15, 0.2) is 23.1 Å². The maximum absolute atomic E-state index is 13.0. The minimum Gasteiger partial charge on any atom is -0.508 e. The van der Waals surface area contributed by atoms with Crippen LogP contribution in [0.15, 0.2) is 24.3 Å². The van der Waals surface area contributed by atoms with Crippen LogP contribution in [0.3, 0.4) is 0 Å². The third kappa shape index (κ3) is 9.23. The summed E-state index contributed by atoms with van der Waals surface area (Å²) in [5, 5.41) is 40.2. The molecule has 1 heterocycles. The number of benzene rings is 2. The highest BCUT2D eigenvalue weighted by Crippen LogP contribution is 2.31. The van der Waals surface area contributed by atoms with Gasteiger partial charge in [-0.1, -0.05) is 6.42 Å². The lowest BCUT2D eigenvalue weighted by Crippen LogP contribution is -2.18. The zero-order valence-corrected chi connectivity index (χ0v) is 23.5. The molecule has 10 nitrogen and oxygen atoms in total. The van der Waals surface area contributed by atoms with Crippen LogP contribution in [0.25, 0.3) is 0 Å². The second-order valence-electron chi connectivity index (χ2n) is 10.6. The maximum atomic E-state index is 13.0. The molecule has 0 spiro atoms. The molecular formula is C31H38O10. The van der Waals surface area contributed by atoms with Gasteiger partial charge in [0.2, 0.25) is 0 Å². The van der Waals surface area contributed by atoms with Crippen molar-refractivity contribution in [3.8, 4) is 23.0 Å². The topological polar surface area (TPSA) is 168 Å². The first-order valence-corrected chi connectivity index (χ1v) is 14.0. The predicted molar refractivity (Wildman–Crippen MR) is 148 cm³/mol. The van der Waals surface area contributed by atoms with Gasteiger partial charge in [-0.05, 0) is 81.7 Å². The fourth-order valence-electron chi connectivity index (χ4n) is 4.99. The number of hydrogen-bond acceptors (Lipinski definition) is 10. The highest BCUT2D eigenvalue weighted by Gasteiger charge is 2.22. The Morgan fingerprint density at radius 2 is 1.15 bits per heavy atom. The molecule has 2 atom stereocenters. The largest absolute Gasteiger partial charge is 0.508 e. The van der Waals surface area contributed by atoms with E-state index in [1.54, 1.807) is 13.8 Å². The van der Waals surface area contributed by atoms with Crippen molar-refractivity contribution < 1.29 is 49.1 Å². The molecule has 0 fully saturated rings. The van der Waals surface area contributed by atoms with Crippen LogP contribution >= 0.6 is 0 Å². The second kappa shape index (κ2) is 14.5. The minimum atomic E-state index is -0.597. The molecule has 0 saturated heterocycles. The third-order valence-corrected chi connectivity index (χ3v) is 7.08.